The number of furan rings is 1. The Balaban J connectivity index is 1.26. The van der Waals surface area contributed by atoms with Crippen LogP contribution in [0.2, 0.25) is 0 Å². The van der Waals surface area contributed by atoms with E-state index < -0.39 is 0 Å². The fraction of sp³-hybridized carbons (Fsp3) is 0.193. The summed E-state index contributed by atoms with van der Waals surface area (Å²) in [6, 6.07) is 60.7. The molecule has 0 fully saturated rings. The Hall–Kier alpha value is -6.38. The Morgan fingerprint density at radius 2 is 1.02 bits per heavy atom. The SMILES string of the molecule is CC(C)(C)c1cc(-c2cccc3cccc(-c4ccccc4N(c4ccc5c(c4)C(C)(C)c4ccccc4-5)c4cccc5oc6ccccc6c45)c23)cc(C(C)(C)C)c1. The highest BCUT2D eigenvalue weighted by atomic mass is 16.3. The zero-order valence-corrected chi connectivity index (χ0v) is 35.4. The van der Waals surface area contributed by atoms with E-state index in [1.165, 1.54) is 66.4 Å². The lowest BCUT2D eigenvalue weighted by Gasteiger charge is -2.30. The highest BCUT2D eigenvalue weighted by molar-refractivity contribution is 6.15. The number of hydrogen-bond acceptors (Lipinski definition) is 2. The van der Waals surface area contributed by atoms with Crippen LogP contribution in [-0.2, 0) is 16.2 Å². The highest BCUT2D eigenvalue weighted by Gasteiger charge is 2.36. The predicted molar refractivity (Wildman–Crippen MR) is 252 cm³/mol. The summed E-state index contributed by atoms with van der Waals surface area (Å²) < 4.78 is 6.54. The highest BCUT2D eigenvalue weighted by Crippen LogP contribution is 2.53. The minimum absolute atomic E-state index is 0.000590. The summed E-state index contributed by atoms with van der Waals surface area (Å²) in [5, 5.41) is 4.69. The van der Waals surface area contributed by atoms with Gasteiger partial charge >= 0.3 is 0 Å². The molecule has 1 aromatic heterocycles. The van der Waals surface area contributed by atoms with Gasteiger partial charge in [0.25, 0.3) is 0 Å². The number of fused-ring (bicyclic) bond motifs is 7. The van der Waals surface area contributed by atoms with Gasteiger partial charge in [0.1, 0.15) is 11.2 Å². The smallest absolute Gasteiger partial charge is 0.137 e. The second-order valence-corrected chi connectivity index (χ2v) is 19.0. The lowest BCUT2D eigenvalue weighted by Crippen LogP contribution is -2.17. The molecule has 59 heavy (non-hydrogen) atoms. The minimum Gasteiger partial charge on any atom is -0.456 e. The van der Waals surface area contributed by atoms with E-state index in [1.807, 2.05) is 0 Å². The van der Waals surface area contributed by atoms with E-state index in [0.717, 1.165) is 39.0 Å². The van der Waals surface area contributed by atoms with Crippen molar-refractivity contribution in [3.63, 3.8) is 0 Å². The van der Waals surface area contributed by atoms with Crippen molar-refractivity contribution >= 4 is 49.8 Å². The first-order valence-corrected chi connectivity index (χ1v) is 21.0. The van der Waals surface area contributed by atoms with Gasteiger partial charge in [-0.3, -0.25) is 0 Å². The Labute approximate surface area is 348 Å². The van der Waals surface area contributed by atoms with Crippen molar-refractivity contribution < 1.29 is 4.42 Å². The van der Waals surface area contributed by atoms with Crippen LogP contribution in [0.1, 0.15) is 77.6 Å². The van der Waals surface area contributed by atoms with Crippen LogP contribution in [0.15, 0.2) is 168 Å². The second kappa shape index (κ2) is 13.3. The number of anilines is 3. The molecule has 1 aliphatic carbocycles. The van der Waals surface area contributed by atoms with E-state index >= 15 is 0 Å². The molecule has 0 saturated carbocycles. The summed E-state index contributed by atoms with van der Waals surface area (Å²) >= 11 is 0. The van der Waals surface area contributed by atoms with Gasteiger partial charge in [-0.25, -0.2) is 0 Å². The van der Waals surface area contributed by atoms with Gasteiger partial charge in [0.2, 0.25) is 0 Å². The Morgan fingerprint density at radius 1 is 0.441 bits per heavy atom. The molecular formula is C57H51NO. The fourth-order valence-corrected chi connectivity index (χ4v) is 9.53. The van der Waals surface area contributed by atoms with Gasteiger partial charge in [0.15, 0.2) is 0 Å². The first kappa shape index (κ1) is 36.9. The van der Waals surface area contributed by atoms with Crippen molar-refractivity contribution in [1.29, 1.82) is 0 Å². The van der Waals surface area contributed by atoms with Crippen LogP contribution >= 0.6 is 0 Å². The first-order valence-electron chi connectivity index (χ1n) is 21.0. The third-order valence-corrected chi connectivity index (χ3v) is 12.8. The molecule has 2 nitrogen and oxygen atoms in total. The summed E-state index contributed by atoms with van der Waals surface area (Å²) in [6.07, 6.45) is 0. The van der Waals surface area contributed by atoms with E-state index in [9.17, 15) is 0 Å². The maximum Gasteiger partial charge on any atom is 0.137 e. The molecule has 1 aliphatic rings. The van der Waals surface area contributed by atoms with E-state index in [0.29, 0.717) is 0 Å². The molecule has 10 rings (SSSR count). The minimum atomic E-state index is -0.153. The molecule has 8 aromatic carbocycles. The quantitative estimate of drug-likeness (QED) is 0.173. The van der Waals surface area contributed by atoms with Crippen LogP contribution in [0.3, 0.4) is 0 Å². The molecule has 0 amide bonds. The molecule has 2 heteroatoms. The van der Waals surface area contributed by atoms with Crippen LogP contribution in [0.25, 0.3) is 66.1 Å². The zero-order valence-electron chi connectivity index (χ0n) is 35.4. The molecule has 0 aliphatic heterocycles. The van der Waals surface area contributed by atoms with Crippen molar-refractivity contribution in [3.8, 4) is 33.4 Å². The molecule has 0 bridgehead atoms. The lowest BCUT2D eigenvalue weighted by molar-refractivity contribution is 0.569. The van der Waals surface area contributed by atoms with Crippen molar-refractivity contribution in [2.24, 2.45) is 0 Å². The maximum absolute atomic E-state index is 6.54. The van der Waals surface area contributed by atoms with Crippen molar-refractivity contribution in [1.82, 2.24) is 0 Å². The van der Waals surface area contributed by atoms with Crippen molar-refractivity contribution in [2.75, 3.05) is 4.90 Å². The summed E-state index contributed by atoms with van der Waals surface area (Å²) in [7, 11) is 0. The van der Waals surface area contributed by atoms with Crippen molar-refractivity contribution in [2.45, 2.75) is 71.6 Å². The van der Waals surface area contributed by atoms with Gasteiger partial charge in [-0.15, -0.1) is 0 Å². The van der Waals surface area contributed by atoms with Crippen LogP contribution < -0.4 is 4.90 Å². The molecule has 0 atom stereocenters. The summed E-state index contributed by atoms with van der Waals surface area (Å²) in [5.41, 5.74) is 17.8. The van der Waals surface area contributed by atoms with Crippen LogP contribution in [0.4, 0.5) is 17.1 Å². The van der Waals surface area contributed by atoms with Crippen LogP contribution in [0, 0.1) is 0 Å². The molecule has 1 heterocycles. The van der Waals surface area contributed by atoms with Gasteiger partial charge in [0, 0.05) is 22.1 Å². The largest absolute Gasteiger partial charge is 0.456 e. The lowest BCUT2D eigenvalue weighted by atomic mass is 9.78. The van der Waals surface area contributed by atoms with Gasteiger partial charge in [-0.1, -0.05) is 183 Å². The molecule has 0 N–H and O–H groups in total. The van der Waals surface area contributed by atoms with E-state index in [4.69, 9.17) is 4.42 Å². The summed E-state index contributed by atoms with van der Waals surface area (Å²) in [6.45, 7) is 18.6. The average Bonchev–Trinajstić information content (AvgIpc) is 3.72. The molecule has 0 saturated heterocycles. The normalized spacial score (nSPS) is 13.6. The summed E-state index contributed by atoms with van der Waals surface area (Å²) in [5.74, 6) is 0. The van der Waals surface area contributed by atoms with Gasteiger partial charge in [-0.05, 0) is 108 Å². The molecule has 0 unspecified atom stereocenters. The monoisotopic (exact) mass is 765 g/mol. The van der Waals surface area contributed by atoms with Gasteiger partial charge in [0.05, 0.1) is 16.8 Å². The van der Waals surface area contributed by atoms with Gasteiger partial charge in [-0.2, -0.15) is 0 Å². The summed E-state index contributed by atoms with van der Waals surface area (Å²) in [4.78, 5) is 2.48. The fourth-order valence-electron chi connectivity index (χ4n) is 9.53. The number of rotatable bonds is 5. The van der Waals surface area contributed by atoms with E-state index in [2.05, 4.69) is 224 Å². The third kappa shape index (κ3) is 5.99. The zero-order chi connectivity index (χ0) is 40.8. The standard InChI is InChI=1S/C57H51NO/c1-55(2,3)38-32-37(33-39(34-38)56(4,5)6)41-23-15-18-36-19-16-24-45(53(36)41)44-21-10-13-26-49(44)58(50-27-17-29-52-54(50)46-22-11-14-28-51(46)59-52)40-30-31-43-42-20-9-12-25-47(42)57(7,8)48(43)35-40/h9-35H,1-8H3. The molecule has 0 spiro atoms. The van der Waals surface area contributed by atoms with E-state index in [-0.39, 0.29) is 16.2 Å². The Bertz CT molecular complexity index is 3070. The Kier molecular flexibility index (Phi) is 8.34. The predicted octanol–water partition coefficient (Wildman–Crippen LogP) is 16.4. The molecule has 0 radical (unpaired) electrons. The Morgan fingerprint density at radius 3 is 1.76 bits per heavy atom. The first-order chi connectivity index (χ1) is 28.3. The molecular weight excluding hydrogens is 715 g/mol. The number of para-hydroxylation sites is 2. The molecule has 9 aromatic rings. The number of benzene rings is 8. The average molecular weight is 766 g/mol. The number of hydrogen-bond donors (Lipinski definition) is 0. The van der Waals surface area contributed by atoms with Gasteiger partial charge < -0.3 is 9.32 Å². The van der Waals surface area contributed by atoms with Crippen LogP contribution in [-0.4, -0.2) is 0 Å². The number of nitrogens with zero attached hydrogens (tertiary/aromatic N) is 1. The third-order valence-electron chi connectivity index (χ3n) is 12.8. The van der Waals surface area contributed by atoms with E-state index in [1.54, 1.807) is 0 Å². The molecule has 290 valence electrons. The van der Waals surface area contributed by atoms with Crippen LogP contribution in [0.5, 0.6) is 0 Å². The second-order valence-electron chi connectivity index (χ2n) is 19.0. The maximum atomic E-state index is 6.54. The topological polar surface area (TPSA) is 16.4 Å². The van der Waals surface area contributed by atoms with Crippen molar-refractivity contribution in [3.05, 3.63) is 186 Å².